The van der Waals surface area contributed by atoms with Gasteiger partial charge < -0.3 is 15.8 Å². The molecule has 2 heterocycles. The fourth-order valence-corrected chi connectivity index (χ4v) is 4.36. The van der Waals surface area contributed by atoms with E-state index in [1.165, 1.54) is 6.07 Å². The molecular weight excluding hydrogens is 365 g/mol. The molecule has 22 heavy (non-hydrogen) atoms. The van der Waals surface area contributed by atoms with Crippen LogP contribution in [0.2, 0.25) is 10.0 Å². The lowest BCUT2D eigenvalue weighted by Gasteiger charge is -2.29. The molecule has 1 amide bonds. The molecule has 1 aromatic rings. The number of thiocarbonyl (C=S) groups is 1. The number of nitrogens with one attached hydrogen (secondary N) is 1. The molecule has 0 spiro atoms. The van der Waals surface area contributed by atoms with Crippen molar-refractivity contribution >= 4 is 57.4 Å². The minimum absolute atomic E-state index is 0.0737. The van der Waals surface area contributed by atoms with Crippen LogP contribution in [-0.2, 0) is 4.79 Å². The molecule has 2 aliphatic heterocycles. The number of nitriles is 1. The van der Waals surface area contributed by atoms with Crippen molar-refractivity contribution in [3.05, 3.63) is 39.2 Å². The molecule has 1 fully saturated rings. The zero-order chi connectivity index (χ0) is 16.0. The molecule has 0 aromatic heterocycles. The first-order valence-corrected chi connectivity index (χ1v) is 8.04. The summed E-state index contributed by atoms with van der Waals surface area (Å²) in [6.45, 7) is 0. The minimum Gasteiger partial charge on any atom is -0.439 e. The van der Waals surface area contributed by atoms with Crippen LogP contribution < -0.4 is 15.8 Å². The fraction of sp³-hybridized carbons (Fsp3) is 0.154. The number of halogens is 2. The highest BCUT2D eigenvalue weighted by atomic mass is 35.5. The zero-order valence-electron chi connectivity index (χ0n) is 10.7. The summed E-state index contributed by atoms with van der Waals surface area (Å²) in [4.78, 5) is 12.1. The van der Waals surface area contributed by atoms with Crippen molar-refractivity contribution in [3.8, 4) is 11.8 Å². The van der Waals surface area contributed by atoms with Crippen LogP contribution in [0.25, 0.3) is 0 Å². The van der Waals surface area contributed by atoms with Crippen LogP contribution in [0.1, 0.15) is 11.5 Å². The van der Waals surface area contributed by atoms with Gasteiger partial charge in [-0.3, -0.25) is 4.79 Å². The van der Waals surface area contributed by atoms with Gasteiger partial charge in [0, 0.05) is 16.5 Å². The Morgan fingerprint density at radius 1 is 1.45 bits per heavy atom. The van der Waals surface area contributed by atoms with Gasteiger partial charge >= 0.3 is 0 Å². The third kappa shape index (κ3) is 2.42. The van der Waals surface area contributed by atoms with Gasteiger partial charge in [0.1, 0.15) is 15.6 Å². The van der Waals surface area contributed by atoms with Crippen molar-refractivity contribution in [1.29, 1.82) is 5.26 Å². The average molecular weight is 372 g/mol. The molecule has 1 saturated heterocycles. The van der Waals surface area contributed by atoms with E-state index in [4.69, 9.17) is 45.9 Å². The first-order valence-electron chi connectivity index (χ1n) is 6.00. The van der Waals surface area contributed by atoms with E-state index >= 15 is 0 Å². The predicted molar refractivity (Wildman–Crippen MR) is 88.8 cm³/mol. The average Bonchev–Trinajstić information content (AvgIpc) is 2.77. The van der Waals surface area contributed by atoms with Crippen molar-refractivity contribution < 1.29 is 9.53 Å². The summed E-state index contributed by atoms with van der Waals surface area (Å²) in [5.74, 6) is -0.686. The molecule has 2 atom stereocenters. The second kappa shape index (κ2) is 5.63. The Morgan fingerprint density at radius 2 is 2.18 bits per heavy atom. The van der Waals surface area contributed by atoms with Crippen molar-refractivity contribution in [1.82, 2.24) is 5.32 Å². The van der Waals surface area contributed by atoms with E-state index in [0.29, 0.717) is 20.7 Å². The Morgan fingerprint density at radius 3 is 2.77 bits per heavy atom. The van der Waals surface area contributed by atoms with Crippen LogP contribution in [0, 0.1) is 11.3 Å². The molecule has 0 radical (unpaired) electrons. The second-order valence-corrected chi connectivity index (χ2v) is 7.25. The van der Waals surface area contributed by atoms with Crippen molar-refractivity contribution in [2.75, 3.05) is 0 Å². The summed E-state index contributed by atoms with van der Waals surface area (Å²) in [6.07, 6.45) is 0. The van der Waals surface area contributed by atoms with Gasteiger partial charge in [0.15, 0.2) is 5.75 Å². The zero-order valence-corrected chi connectivity index (χ0v) is 13.9. The summed E-state index contributed by atoms with van der Waals surface area (Å²) in [6, 6.07) is 5.13. The van der Waals surface area contributed by atoms with Crippen molar-refractivity contribution in [2.45, 2.75) is 11.2 Å². The maximum atomic E-state index is 12.1. The highest BCUT2D eigenvalue weighted by Gasteiger charge is 2.44. The summed E-state index contributed by atoms with van der Waals surface area (Å²) in [7, 11) is 0. The van der Waals surface area contributed by atoms with E-state index in [2.05, 4.69) is 5.32 Å². The lowest BCUT2D eigenvalue weighted by molar-refractivity contribution is -0.119. The Balaban J connectivity index is 2.21. The molecule has 2 unspecified atom stereocenters. The third-order valence-electron chi connectivity index (χ3n) is 3.30. The first-order chi connectivity index (χ1) is 10.4. The number of hydrogen-bond acceptors (Lipinski definition) is 6. The molecular formula is C13H7Cl2N3O2S2. The van der Waals surface area contributed by atoms with Gasteiger partial charge in [-0.15, -0.1) is 0 Å². The number of benzene rings is 1. The normalized spacial score (nSPS) is 23.7. The number of allylic oxidation sites excluding steroid dienone is 1. The Bertz CT molecular complexity index is 788. The number of fused-ring (bicyclic) bond motifs is 1. The summed E-state index contributed by atoms with van der Waals surface area (Å²) in [5, 5.41) is 12.0. The van der Waals surface area contributed by atoms with E-state index in [-0.39, 0.29) is 22.4 Å². The lowest BCUT2D eigenvalue weighted by Crippen LogP contribution is -2.33. The topological polar surface area (TPSA) is 88.1 Å². The Hall–Kier alpha value is -1.46. The van der Waals surface area contributed by atoms with Crippen molar-refractivity contribution in [3.63, 3.8) is 0 Å². The van der Waals surface area contributed by atoms with Crippen LogP contribution in [-0.4, -0.2) is 15.5 Å². The number of carbonyl (C=O) groups excluding carboxylic acids is 1. The van der Waals surface area contributed by atoms with E-state index < -0.39 is 11.2 Å². The van der Waals surface area contributed by atoms with Gasteiger partial charge in [0.05, 0.1) is 10.6 Å². The summed E-state index contributed by atoms with van der Waals surface area (Å²) >= 11 is 18.4. The first kappa shape index (κ1) is 15.4. The lowest BCUT2D eigenvalue weighted by atomic mass is 9.86. The maximum Gasteiger partial charge on any atom is 0.239 e. The van der Waals surface area contributed by atoms with E-state index in [1.54, 1.807) is 6.07 Å². The largest absolute Gasteiger partial charge is 0.439 e. The molecule has 5 nitrogen and oxygen atoms in total. The fourth-order valence-electron chi connectivity index (χ4n) is 2.42. The molecule has 3 rings (SSSR count). The smallest absolute Gasteiger partial charge is 0.239 e. The Labute approximate surface area is 145 Å². The van der Waals surface area contributed by atoms with Crippen LogP contribution in [0.5, 0.6) is 5.75 Å². The van der Waals surface area contributed by atoms with E-state index in [1.807, 2.05) is 6.07 Å². The standard InChI is InChI=1S/C13H7Cl2N3O2S2/c14-4-1-5-8(10-12(19)18-13(21)22-10)6(3-16)11(17)20-9(5)7(15)2-4/h1-2,8,10H,17H2,(H,18,19,21). The quantitative estimate of drug-likeness (QED) is 0.737. The highest BCUT2D eigenvalue weighted by Crippen LogP contribution is 2.48. The Kier molecular flexibility index (Phi) is 3.95. The number of nitrogens with zero attached hydrogens (tertiary/aromatic N) is 1. The molecule has 1 aromatic carbocycles. The number of amides is 1. The van der Waals surface area contributed by atoms with Crippen molar-refractivity contribution in [2.24, 2.45) is 5.73 Å². The van der Waals surface area contributed by atoms with Crippen LogP contribution in [0.15, 0.2) is 23.6 Å². The highest BCUT2D eigenvalue weighted by molar-refractivity contribution is 8.24. The van der Waals surface area contributed by atoms with Gasteiger partial charge in [-0.1, -0.05) is 47.2 Å². The number of nitrogens with two attached hydrogens (primary N) is 1. The van der Waals surface area contributed by atoms with Gasteiger partial charge in [-0.25, -0.2) is 0 Å². The molecule has 0 saturated carbocycles. The number of rotatable bonds is 1. The van der Waals surface area contributed by atoms with Gasteiger partial charge in [0.2, 0.25) is 11.8 Å². The molecule has 0 aliphatic carbocycles. The van der Waals surface area contributed by atoms with E-state index in [0.717, 1.165) is 11.8 Å². The number of carbonyl (C=O) groups is 1. The second-order valence-electron chi connectivity index (χ2n) is 4.59. The predicted octanol–water partition coefficient (Wildman–Crippen LogP) is 2.68. The monoisotopic (exact) mass is 371 g/mol. The van der Waals surface area contributed by atoms with Crippen LogP contribution in [0.3, 0.4) is 0 Å². The van der Waals surface area contributed by atoms with Gasteiger partial charge in [-0.2, -0.15) is 5.26 Å². The molecule has 2 aliphatic rings. The maximum absolute atomic E-state index is 12.1. The van der Waals surface area contributed by atoms with Crippen LogP contribution >= 0.6 is 47.2 Å². The van der Waals surface area contributed by atoms with E-state index in [9.17, 15) is 10.1 Å². The molecule has 0 bridgehead atoms. The SMILES string of the molecule is N#CC1=C(N)Oc2c(Cl)cc(Cl)cc2C1C1SC(=S)NC1=O. The number of hydrogen-bond donors (Lipinski definition) is 2. The number of thioether (sulfide) groups is 1. The summed E-state index contributed by atoms with van der Waals surface area (Å²) in [5.41, 5.74) is 6.52. The molecule has 3 N–H and O–H groups in total. The number of ether oxygens (including phenoxy) is 1. The third-order valence-corrected chi connectivity index (χ3v) is 5.25. The molecule has 112 valence electrons. The molecule has 9 heteroatoms. The minimum atomic E-state index is -0.629. The van der Waals surface area contributed by atoms with Crippen LogP contribution in [0.4, 0.5) is 0 Å². The van der Waals surface area contributed by atoms with Gasteiger partial charge in [-0.05, 0) is 12.1 Å². The van der Waals surface area contributed by atoms with Gasteiger partial charge in [0.25, 0.3) is 0 Å². The summed E-state index contributed by atoms with van der Waals surface area (Å²) < 4.78 is 5.80.